The third-order valence-corrected chi connectivity index (χ3v) is 7.19. The van der Waals surface area contributed by atoms with Crippen molar-refractivity contribution >= 4 is 11.8 Å². The van der Waals surface area contributed by atoms with Crippen molar-refractivity contribution in [3.8, 4) is 0 Å². The molecule has 4 nitrogen and oxygen atoms in total. The van der Waals surface area contributed by atoms with Crippen molar-refractivity contribution in [3.63, 3.8) is 0 Å². The summed E-state index contributed by atoms with van der Waals surface area (Å²) >= 11 is 0. The minimum absolute atomic E-state index is 0.204. The molecule has 2 aliphatic carbocycles. The van der Waals surface area contributed by atoms with E-state index < -0.39 is 0 Å². The summed E-state index contributed by atoms with van der Waals surface area (Å²) in [7, 11) is 0. The predicted octanol–water partition coefficient (Wildman–Crippen LogP) is 4.56. The second-order valence-corrected chi connectivity index (χ2v) is 9.50. The lowest BCUT2D eigenvalue weighted by molar-refractivity contribution is -0.137. The van der Waals surface area contributed by atoms with E-state index in [-0.39, 0.29) is 11.8 Å². The van der Waals surface area contributed by atoms with Crippen LogP contribution in [-0.4, -0.2) is 40.7 Å². The monoisotopic (exact) mass is 396 g/mol. The van der Waals surface area contributed by atoms with Gasteiger partial charge in [0.2, 0.25) is 11.8 Å². The topological polar surface area (TPSA) is 40.6 Å². The molecule has 1 aliphatic heterocycles. The molecule has 1 aromatic rings. The third-order valence-electron chi connectivity index (χ3n) is 7.19. The minimum atomic E-state index is 0.204. The zero-order chi connectivity index (χ0) is 20.2. The Morgan fingerprint density at radius 2 is 1.52 bits per heavy atom. The summed E-state index contributed by atoms with van der Waals surface area (Å²) in [6.45, 7) is 4.25. The van der Waals surface area contributed by atoms with Gasteiger partial charge in [0.05, 0.1) is 0 Å². The lowest BCUT2D eigenvalue weighted by atomic mass is 9.88. The number of hydrogen-bond acceptors (Lipinski definition) is 2. The van der Waals surface area contributed by atoms with E-state index in [0.717, 1.165) is 51.7 Å². The zero-order valence-corrected chi connectivity index (χ0v) is 17.9. The van der Waals surface area contributed by atoms with Crippen molar-refractivity contribution in [3.05, 3.63) is 35.4 Å². The SMILES string of the molecule is CC(=O)N1CCC(Cc2ccc(CN(C(=O)C3CCCCC3)C3CC3)cc2)CC1. The van der Waals surface area contributed by atoms with Crippen molar-refractivity contribution in [1.82, 2.24) is 9.80 Å². The van der Waals surface area contributed by atoms with Crippen LogP contribution in [-0.2, 0) is 22.6 Å². The number of nitrogens with zero attached hydrogens (tertiary/aromatic N) is 2. The molecule has 0 aromatic heterocycles. The fourth-order valence-corrected chi connectivity index (χ4v) is 5.12. The second-order valence-electron chi connectivity index (χ2n) is 9.50. The predicted molar refractivity (Wildman–Crippen MR) is 115 cm³/mol. The van der Waals surface area contributed by atoms with Crippen LogP contribution in [0.4, 0.5) is 0 Å². The van der Waals surface area contributed by atoms with E-state index >= 15 is 0 Å². The first-order valence-electron chi connectivity index (χ1n) is 11.7. The third kappa shape index (κ3) is 5.40. The highest BCUT2D eigenvalue weighted by molar-refractivity contribution is 5.79. The molecule has 3 fully saturated rings. The molecule has 0 N–H and O–H groups in total. The van der Waals surface area contributed by atoms with Crippen LogP contribution in [0, 0.1) is 11.8 Å². The molecule has 0 radical (unpaired) electrons. The maximum atomic E-state index is 13.1. The highest BCUT2D eigenvalue weighted by Gasteiger charge is 2.36. The molecular weight excluding hydrogens is 360 g/mol. The summed E-state index contributed by atoms with van der Waals surface area (Å²) in [6.07, 6.45) is 11.6. The Bertz CT molecular complexity index is 696. The van der Waals surface area contributed by atoms with Gasteiger partial charge in [-0.15, -0.1) is 0 Å². The quantitative estimate of drug-likeness (QED) is 0.707. The van der Waals surface area contributed by atoms with E-state index in [1.54, 1.807) is 6.92 Å². The molecule has 0 atom stereocenters. The van der Waals surface area contributed by atoms with E-state index in [4.69, 9.17) is 0 Å². The lowest BCUT2D eigenvalue weighted by Crippen LogP contribution is -2.38. The van der Waals surface area contributed by atoms with Gasteiger partial charge in [0.15, 0.2) is 0 Å². The van der Waals surface area contributed by atoms with Gasteiger partial charge < -0.3 is 9.80 Å². The molecule has 3 aliphatic rings. The number of likely N-dealkylation sites (tertiary alicyclic amines) is 1. The molecule has 1 aromatic carbocycles. The van der Waals surface area contributed by atoms with Gasteiger partial charge in [-0.05, 0) is 62.0 Å². The molecule has 0 unspecified atom stereocenters. The van der Waals surface area contributed by atoms with Crippen molar-refractivity contribution in [2.24, 2.45) is 11.8 Å². The molecule has 1 heterocycles. The Balaban J connectivity index is 1.31. The van der Waals surface area contributed by atoms with Gasteiger partial charge in [-0.3, -0.25) is 9.59 Å². The van der Waals surface area contributed by atoms with Crippen LogP contribution in [0.2, 0.25) is 0 Å². The van der Waals surface area contributed by atoms with E-state index in [2.05, 4.69) is 29.2 Å². The molecule has 0 bridgehead atoms. The van der Waals surface area contributed by atoms with E-state index in [1.165, 1.54) is 43.2 Å². The van der Waals surface area contributed by atoms with Crippen LogP contribution in [0.5, 0.6) is 0 Å². The maximum absolute atomic E-state index is 13.1. The highest BCUT2D eigenvalue weighted by atomic mass is 16.2. The average Bonchev–Trinajstić information content (AvgIpc) is 3.59. The zero-order valence-electron chi connectivity index (χ0n) is 17.9. The van der Waals surface area contributed by atoms with Gasteiger partial charge in [-0.2, -0.15) is 0 Å². The van der Waals surface area contributed by atoms with Crippen LogP contribution < -0.4 is 0 Å². The molecule has 29 heavy (non-hydrogen) atoms. The summed E-state index contributed by atoms with van der Waals surface area (Å²) in [4.78, 5) is 28.7. The van der Waals surface area contributed by atoms with Gasteiger partial charge in [-0.25, -0.2) is 0 Å². The molecule has 2 saturated carbocycles. The van der Waals surface area contributed by atoms with E-state index in [9.17, 15) is 9.59 Å². The fourth-order valence-electron chi connectivity index (χ4n) is 5.12. The van der Waals surface area contributed by atoms with Crippen LogP contribution in [0.25, 0.3) is 0 Å². The first-order valence-corrected chi connectivity index (χ1v) is 11.7. The Morgan fingerprint density at radius 3 is 2.10 bits per heavy atom. The van der Waals surface area contributed by atoms with Gasteiger partial charge in [0.1, 0.15) is 0 Å². The van der Waals surface area contributed by atoms with Crippen molar-refractivity contribution in [1.29, 1.82) is 0 Å². The molecule has 4 heteroatoms. The molecular formula is C25H36N2O2. The first kappa shape index (κ1) is 20.4. The lowest BCUT2D eigenvalue weighted by Gasteiger charge is -2.31. The molecule has 2 amide bonds. The van der Waals surface area contributed by atoms with Gasteiger partial charge in [0, 0.05) is 38.5 Å². The number of benzene rings is 1. The Kier molecular flexibility index (Phi) is 6.56. The average molecular weight is 397 g/mol. The maximum Gasteiger partial charge on any atom is 0.226 e. The number of hydrogen-bond donors (Lipinski definition) is 0. The normalized spacial score (nSPS) is 21.2. The summed E-state index contributed by atoms with van der Waals surface area (Å²) in [6, 6.07) is 9.44. The molecule has 1 saturated heterocycles. The second kappa shape index (κ2) is 9.32. The molecule has 0 spiro atoms. The standard InChI is InChI=1S/C25H36N2O2/c1-19(28)26-15-13-21(14-16-26)17-20-7-9-22(10-8-20)18-27(24-11-12-24)25(29)23-5-3-2-4-6-23/h7-10,21,23-24H,2-6,11-18H2,1H3. The number of piperidine rings is 1. The summed E-state index contributed by atoms with van der Waals surface area (Å²) in [5.74, 6) is 1.56. The first-order chi connectivity index (χ1) is 14.1. The van der Waals surface area contributed by atoms with Gasteiger partial charge >= 0.3 is 0 Å². The Morgan fingerprint density at radius 1 is 0.897 bits per heavy atom. The van der Waals surface area contributed by atoms with Crippen molar-refractivity contribution in [2.75, 3.05) is 13.1 Å². The van der Waals surface area contributed by atoms with Crippen LogP contribution >= 0.6 is 0 Å². The Labute approximate surface area is 175 Å². The number of carbonyl (C=O) groups excluding carboxylic acids is 2. The van der Waals surface area contributed by atoms with Crippen LogP contribution in [0.15, 0.2) is 24.3 Å². The Hall–Kier alpha value is -1.84. The smallest absolute Gasteiger partial charge is 0.226 e. The summed E-state index contributed by atoms with van der Waals surface area (Å²) in [5.41, 5.74) is 2.64. The fraction of sp³-hybridized carbons (Fsp3) is 0.680. The largest absolute Gasteiger partial charge is 0.343 e. The van der Waals surface area contributed by atoms with Gasteiger partial charge in [-0.1, -0.05) is 43.5 Å². The number of amides is 2. The van der Waals surface area contributed by atoms with E-state index in [0.29, 0.717) is 17.9 Å². The van der Waals surface area contributed by atoms with E-state index in [1.807, 2.05) is 4.90 Å². The minimum Gasteiger partial charge on any atom is -0.343 e. The van der Waals surface area contributed by atoms with Crippen LogP contribution in [0.3, 0.4) is 0 Å². The van der Waals surface area contributed by atoms with Crippen LogP contribution in [0.1, 0.15) is 75.8 Å². The van der Waals surface area contributed by atoms with Crippen molar-refractivity contribution < 1.29 is 9.59 Å². The number of rotatable bonds is 6. The molecule has 4 rings (SSSR count). The van der Waals surface area contributed by atoms with Gasteiger partial charge in [0.25, 0.3) is 0 Å². The highest BCUT2D eigenvalue weighted by Crippen LogP contribution is 2.33. The number of carbonyl (C=O) groups is 2. The summed E-state index contributed by atoms with van der Waals surface area (Å²) < 4.78 is 0. The molecule has 158 valence electrons. The van der Waals surface area contributed by atoms with Crippen molar-refractivity contribution in [2.45, 2.75) is 83.7 Å². The summed E-state index contributed by atoms with van der Waals surface area (Å²) in [5, 5.41) is 0.